The maximum absolute atomic E-state index is 13.5. The van der Waals surface area contributed by atoms with E-state index >= 15 is 0 Å². The summed E-state index contributed by atoms with van der Waals surface area (Å²) in [5.74, 6) is 0.364. The topological polar surface area (TPSA) is 49.4 Å². The van der Waals surface area contributed by atoms with Crippen LogP contribution in [0, 0.1) is 5.92 Å². The van der Waals surface area contributed by atoms with Crippen molar-refractivity contribution >= 4 is 35.0 Å². The molecule has 3 aliphatic rings. The van der Waals surface area contributed by atoms with E-state index in [1.54, 1.807) is 11.8 Å². The SMILES string of the molecule is O=C(Nc1ccc2c(c1)Sc1ccccc1C(=O)N2C1CCCC1)C1CCCCC1. The maximum Gasteiger partial charge on any atom is 0.259 e. The molecule has 0 saturated heterocycles. The molecule has 2 fully saturated rings. The number of amides is 2. The summed E-state index contributed by atoms with van der Waals surface area (Å²) in [5.41, 5.74) is 2.58. The molecule has 0 spiro atoms. The smallest absolute Gasteiger partial charge is 0.259 e. The standard InChI is InChI=1S/C25H28N2O2S/c28-24(17-8-2-1-3-9-17)26-18-14-15-21-23(16-18)30-22-13-7-6-12-20(22)25(29)27(21)19-10-4-5-11-19/h6-7,12-17,19H,1-5,8-11H2,(H,26,28). The predicted octanol–water partition coefficient (Wildman–Crippen LogP) is 6.26. The van der Waals surface area contributed by atoms with Crippen molar-refractivity contribution in [1.82, 2.24) is 0 Å². The highest BCUT2D eigenvalue weighted by molar-refractivity contribution is 7.99. The van der Waals surface area contributed by atoms with Crippen LogP contribution >= 0.6 is 11.8 Å². The van der Waals surface area contributed by atoms with Gasteiger partial charge in [0.1, 0.15) is 0 Å². The summed E-state index contributed by atoms with van der Waals surface area (Å²) in [5, 5.41) is 3.15. The van der Waals surface area contributed by atoms with Gasteiger partial charge in [0.15, 0.2) is 0 Å². The van der Waals surface area contributed by atoms with Gasteiger partial charge >= 0.3 is 0 Å². The fourth-order valence-corrected chi connectivity index (χ4v) is 6.20. The zero-order valence-electron chi connectivity index (χ0n) is 17.2. The van der Waals surface area contributed by atoms with Crippen molar-refractivity contribution in [2.24, 2.45) is 5.92 Å². The lowest BCUT2D eigenvalue weighted by molar-refractivity contribution is -0.120. The van der Waals surface area contributed by atoms with Gasteiger partial charge in [-0.2, -0.15) is 0 Å². The van der Waals surface area contributed by atoms with Gasteiger partial charge in [0.2, 0.25) is 5.91 Å². The van der Waals surface area contributed by atoms with Crippen molar-refractivity contribution in [3.05, 3.63) is 48.0 Å². The minimum absolute atomic E-state index is 0.0998. The zero-order chi connectivity index (χ0) is 20.5. The van der Waals surface area contributed by atoms with Gasteiger partial charge in [-0.15, -0.1) is 0 Å². The average Bonchev–Trinajstić information content (AvgIpc) is 3.27. The van der Waals surface area contributed by atoms with Crippen molar-refractivity contribution in [3.63, 3.8) is 0 Å². The fourth-order valence-electron chi connectivity index (χ4n) is 5.10. The number of carbonyl (C=O) groups excluding carboxylic acids is 2. The largest absolute Gasteiger partial charge is 0.326 e. The lowest BCUT2D eigenvalue weighted by Gasteiger charge is -2.29. The van der Waals surface area contributed by atoms with Crippen LogP contribution in [-0.4, -0.2) is 17.9 Å². The molecular weight excluding hydrogens is 392 g/mol. The summed E-state index contributed by atoms with van der Waals surface area (Å²) in [6, 6.07) is 14.2. The summed E-state index contributed by atoms with van der Waals surface area (Å²) in [4.78, 5) is 30.3. The third-order valence-corrected chi connectivity index (χ3v) is 7.83. The summed E-state index contributed by atoms with van der Waals surface area (Å²) >= 11 is 1.63. The van der Waals surface area contributed by atoms with Crippen LogP contribution in [0.1, 0.15) is 68.1 Å². The molecule has 1 aliphatic heterocycles. The van der Waals surface area contributed by atoms with E-state index in [0.29, 0.717) is 0 Å². The lowest BCUT2D eigenvalue weighted by atomic mass is 9.88. The highest BCUT2D eigenvalue weighted by Gasteiger charge is 2.34. The van der Waals surface area contributed by atoms with E-state index in [4.69, 9.17) is 0 Å². The number of fused-ring (bicyclic) bond motifs is 2. The highest BCUT2D eigenvalue weighted by atomic mass is 32.2. The molecule has 1 heterocycles. The molecule has 156 valence electrons. The van der Waals surface area contributed by atoms with Crippen LogP contribution in [0.3, 0.4) is 0 Å². The molecular formula is C25H28N2O2S. The molecule has 0 radical (unpaired) electrons. The molecule has 5 rings (SSSR count). The van der Waals surface area contributed by atoms with Crippen LogP contribution in [-0.2, 0) is 4.79 Å². The Morgan fingerprint density at radius 3 is 2.43 bits per heavy atom. The molecule has 1 N–H and O–H groups in total. The average molecular weight is 421 g/mol. The third kappa shape index (κ3) is 3.76. The molecule has 0 unspecified atom stereocenters. The van der Waals surface area contributed by atoms with Crippen molar-refractivity contribution in [2.75, 3.05) is 10.2 Å². The molecule has 2 aromatic carbocycles. The van der Waals surface area contributed by atoms with E-state index in [2.05, 4.69) is 11.4 Å². The molecule has 2 aliphatic carbocycles. The second-order valence-corrected chi connectivity index (χ2v) is 9.80. The number of benzene rings is 2. The number of hydrogen-bond donors (Lipinski definition) is 1. The molecule has 2 amide bonds. The Kier molecular flexibility index (Phi) is 5.55. The van der Waals surface area contributed by atoms with Crippen LogP contribution in [0.25, 0.3) is 0 Å². The minimum atomic E-state index is 0.0998. The van der Waals surface area contributed by atoms with Gasteiger partial charge in [0.25, 0.3) is 5.91 Å². The first-order chi connectivity index (χ1) is 14.7. The Balaban J connectivity index is 1.49. The first kappa shape index (κ1) is 19.7. The molecule has 0 aromatic heterocycles. The third-order valence-electron chi connectivity index (χ3n) is 6.71. The summed E-state index contributed by atoms with van der Waals surface area (Å²) in [7, 11) is 0. The zero-order valence-corrected chi connectivity index (χ0v) is 18.0. The molecule has 2 saturated carbocycles. The van der Waals surface area contributed by atoms with Gasteiger partial charge in [0, 0.05) is 27.4 Å². The summed E-state index contributed by atoms with van der Waals surface area (Å²) in [6.45, 7) is 0. The van der Waals surface area contributed by atoms with E-state index in [1.165, 1.54) is 19.3 Å². The van der Waals surface area contributed by atoms with Crippen molar-refractivity contribution < 1.29 is 9.59 Å². The fraction of sp³-hybridized carbons (Fsp3) is 0.440. The van der Waals surface area contributed by atoms with Gasteiger partial charge in [-0.25, -0.2) is 0 Å². The molecule has 0 atom stereocenters. The van der Waals surface area contributed by atoms with Crippen LogP contribution < -0.4 is 10.2 Å². The minimum Gasteiger partial charge on any atom is -0.326 e. The van der Waals surface area contributed by atoms with Crippen LogP contribution in [0.15, 0.2) is 52.3 Å². The Morgan fingerprint density at radius 1 is 0.900 bits per heavy atom. The van der Waals surface area contributed by atoms with Crippen LogP contribution in [0.4, 0.5) is 11.4 Å². The first-order valence-electron chi connectivity index (χ1n) is 11.3. The van der Waals surface area contributed by atoms with E-state index in [-0.39, 0.29) is 23.8 Å². The van der Waals surface area contributed by atoms with Gasteiger partial charge in [-0.1, -0.05) is 56.0 Å². The molecule has 30 heavy (non-hydrogen) atoms. The number of nitrogens with zero attached hydrogens (tertiary/aromatic N) is 1. The number of rotatable bonds is 3. The van der Waals surface area contributed by atoms with Gasteiger partial charge in [-0.05, 0) is 56.0 Å². The number of anilines is 2. The number of carbonyl (C=O) groups is 2. The Hall–Kier alpha value is -2.27. The Bertz CT molecular complexity index is 961. The summed E-state index contributed by atoms with van der Waals surface area (Å²) < 4.78 is 0. The molecule has 5 heteroatoms. The molecule has 4 nitrogen and oxygen atoms in total. The quantitative estimate of drug-likeness (QED) is 0.637. The van der Waals surface area contributed by atoms with Crippen LogP contribution in [0.2, 0.25) is 0 Å². The van der Waals surface area contributed by atoms with Crippen molar-refractivity contribution in [3.8, 4) is 0 Å². The predicted molar refractivity (Wildman–Crippen MR) is 121 cm³/mol. The summed E-state index contributed by atoms with van der Waals surface area (Å²) in [6.07, 6.45) is 9.97. The van der Waals surface area contributed by atoms with E-state index in [1.807, 2.05) is 41.3 Å². The monoisotopic (exact) mass is 420 g/mol. The van der Waals surface area contributed by atoms with Gasteiger partial charge in [0.05, 0.1) is 11.3 Å². The van der Waals surface area contributed by atoms with E-state index < -0.39 is 0 Å². The highest BCUT2D eigenvalue weighted by Crippen LogP contribution is 2.45. The van der Waals surface area contributed by atoms with Crippen molar-refractivity contribution in [1.29, 1.82) is 0 Å². The normalized spacial score (nSPS) is 19.9. The number of nitrogens with one attached hydrogen (secondary N) is 1. The van der Waals surface area contributed by atoms with Crippen molar-refractivity contribution in [2.45, 2.75) is 73.6 Å². The Morgan fingerprint density at radius 2 is 1.63 bits per heavy atom. The molecule has 2 aromatic rings. The van der Waals surface area contributed by atoms with Crippen LogP contribution in [0.5, 0.6) is 0 Å². The lowest BCUT2D eigenvalue weighted by Crippen LogP contribution is -2.39. The first-order valence-corrected chi connectivity index (χ1v) is 12.1. The maximum atomic E-state index is 13.5. The van der Waals surface area contributed by atoms with Gasteiger partial charge in [-0.3, -0.25) is 9.59 Å². The second kappa shape index (κ2) is 8.46. The van der Waals surface area contributed by atoms with E-state index in [9.17, 15) is 9.59 Å². The Labute approximate surface area is 182 Å². The van der Waals surface area contributed by atoms with E-state index in [0.717, 1.165) is 65.3 Å². The number of hydrogen-bond acceptors (Lipinski definition) is 3. The molecule has 0 bridgehead atoms. The second-order valence-electron chi connectivity index (χ2n) is 8.72. The van der Waals surface area contributed by atoms with Gasteiger partial charge < -0.3 is 10.2 Å².